The first-order valence-corrected chi connectivity index (χ1v) is 5.84. The SMILES string of the molecule is Cc1cnccc1NC(=O)NCC(O)c1ccco1. The molecule has 19 heavy (non-hydrogen) atoms. The van der Waals surface area contributed by atoms with Crippen molar-refractivity contribution in [3.63, 3.8) is 0 Å². The van der Waals surface area contributed by atoms with Gasteiger partial charge < -0.3 is 20.2 Å². The molecule has 6 heteroatoms. The highest BCUT2D eigenvalue weighted by Crippen LogP contribution is 2.13. The Morgan fingerprint density at radius 1 is 1.53 bits per heavy atom. The minimum absolute atomic E-state index is 0.0729. The van der Waals surface area contributed by atoms with Gasteiger partial charge in [0, 0.05) is 18.1 Å². The van der Waals surface area contributed by atoms with Crippen LogP contribution in [0, 0.1) is 6.92 Å². The van der Waals surface area contributed by atoms with Gasteiger partial charge in [-0.05, 0) is 30.7 Å². The van der Waals surface area contributed by atoms with Gasteiger partial charge in [-0.2, -0.15) is 0 Å². The minimum Gasteiger partial charge on any atom is -0.467 e. The van der Waals surface area contributed by atoms with Gasteiger partial charge in [0.15, 0.2) is 0 Å². The zero-order valence-corrected chi connectivity index (χ0v) is 10.5. The number of nitrogens with one attached hydrogen (secondary N) is 2. The summed E-state index contributed by atoms with van der Waals surface area (Å²) in [5.74, 6) is 0.417. The van der Waals surface area contributed by atoms with Gasteiger partial charge in [0.1, 0.15) is 11.9 Å². The maximum atomic E-state index is 11.7. The van der Waals surface area contributed by atoms with E-state index >= 15 is 0 Å². The number of rotatable bonds is 4. The van der Waals surface area contributed by atoms with E-state index in [-0.39, 0.29) is 12.6 Å². The molecule has 2 amide bonds. The Balaban J connectivity index is 1.84. The highest BCUT2D eigenvalue weighted by atomic mass is 16.4. The molecule has 0 spiro atoms. The second-order valence-corrected chi connectivity index (χ2v) is 4.06. The van der Waals surface area contributed by atoms with Crippen LogP contribution in [0.3, 0.4) is 0 Å². The minimum atomic E-state index is -0.862. The Bertz CT molecular complexity index is 540. The Morgan fingerprint density at radius 3 is 3.05 bits per heavy atom. The molecule has 0 fully saturated rings. The zero-order chi connectivity index (χ0) is 13.7. The van der Waals surface area contributed by atoms with Crippen molar-refractivity contribution in [2.45, 2.75) is 13.0 Å². The number of aromatic nitrogens is 1. The molecule has 1 unspecified atom stereocenters. The Labute approximate surface area is 110 Å². The van der Waals surface area contributed by atoms with Crippen molar-refractivity contribution in [3.8, 4) is 0 Å². The fourth-order valence-corrected chi connectivity index (χ4v) is 1.55. The van der Waals surface area contributed by atoms with Crippen LogP contribution in [0.15, 0.2) is 41.3 Å². The number of hydrogen-bond acceptors (Lipinski definition) is 4. The number of aryl methyl sites for hydroxylation is 1. The molecule has 0 aliphatic rings. The summed E-state index contributed by atoms with van der Waals surface area (Å²) in [7, 11) is 0. The second kappa shape index (κ2) is 6.01. The van der Waals surface area contributed by atoms with E-state index in [1.165, 1.54) is 6.26 Å². The molecule has 100 valence electrons. The van der Waals surface area contributed by atoms with Crippen molar-refractivity contribution >= 4 is 11.7 Å². The summed E-state index contributed by atoms with van der Waals surface area (Å²) in [4.78, 5) is 15.6. The van der Waals surface area contributed by atoms with Gasteiger partial charge in [0.2, 0.25) is 0 Å². The van der Waals surface area contributed by atoms with E-state index in [2.05, 4.69) is 15.6 Å². The third-order valence-corrected chi connectivity index (χ3v) is 2.60. The molecule has 0 bridgehead atoms. The van der Waals surface area contributed by atoms with E-state index < -0.39 is 6.10 Å². The van der Waals surface area contributed by atoms with Crippen LogP contribution in [-0.4, -0.2) is 22.7 Å². The largest absolute Gasteiger partial charge is 0.467 e. The van der Waals surface area contributed by atoms with E-state index in [9.17, 15) is 9.90 Å². The maximum absolute atomic E-state index is 11.7. The molecule has 2 aromatic heterocycles. The lowest BCUT2D eigenvalue weighted by atomic mass is 10.2. The summed E-state index contributed by atoms with van der Waals surface area (Å²) >= 11 is 0. The number of nitrogens with zero attached hydrogens (tertiary/aromatic N) is 1. The van der Waals surface area contributed by atoms with Gasteiger partial charge in [-0.25, -0.2) is 4.79 Å². The van der Waals surface area contributed by atoms with Crippen LogP contribution in [-0.2, 0) is 0 Å². The van der Waals surface area contributed by atoms with Crippen LogP contribution in [0.4, 0.5) is 10.5 Å². The van der Waals surface area contributed by atoms with Gasteiger partial charge in [-0.1, -0.05) is 0 Å². The molecule has 0 saturated heterocycles. The van der Waals surface area contributed by atoms with Crippen molar-refractivity contribution in [2.75, 3.05) is 11.9 Å². The molecule has 2 heterocycles. The number of pyridine rings is 1. The van der Waals surface area contributed by atoms with Crippen molar-refractivity contribution in [1.82, 2.24) is 10.3 Å². The van der Waals surface area contributed by atoms with Crippen LogP contribution < -0.4 is 10.6 Å². The summed E-state index contributed by atoms with van der Waals surface area (Å²) < 4.78 is 5.03. The number of urea groups is 1. The van der Waals surface area contributed by atoms with Gasteiger partial charge in [0.25, 0.3) is 0 Å². The quantitative estimate of drug-likeness (QED) is 0.783. The Morgan fingerprint density at radius 2 is 2.37 bits per heavy atom. The number of hydrogen-bond donors (Lipinski definition) is 3. The predicted molar refractivity (Wildman–Crippen MR) is 69.7 cm³/mol. The van der Waals surface area contributed by atoms with Crippen LogP contribution in [0.25, 0.3) is 0 Å². The number of carbonyl (C=O) groups is 1. The van der Waals surface area contributed by atoms with Gasteiger partial charge in [-0.15, -0.1) is 0 Å². The van der Waals surface area contributed by atoms with Crippen LogP contribution in [0.5, 0.6) is 0 Å². The molecule has 0 saturated carbocycles. The smallest absolute Gasteiger partial charge is 0.319 e. The second-order valence-electron chi connectivity index (χ2n) is 4.06. The molecule has 0 aliphatic heterocycles. The first kappa shape index (κ1) is 13.1. The Kier molecular flexibility index (Phi) is 4.15. The average molecular weight is 261 g/mol. The summed E-state index contributed by atoms with van der Waals surface area (Å²) in [5, 5.41) is 15.0. The summed E-state index contributed by atoms with van der Waals surface area (Å²) in [6, 6.07) is 4.65. The maximum Gasteiger partial charge on any atom is 0.319 e. The van der Waals surface area contributed by atoms with Gasteiger partial charge in [-0.3, -0.25) is 4.98 Å². The number of amides is 2. The first-order valence-electron chi connectivity index (χ1n) is 5.84. The van der Waals surface area contributed by atoms with E-state index in [1.807, 2.05) is 6.92 Å². The van der Waals surface area contributed by atoms with Gasteiger partial charge >= 0.3 is 6.03 Å². The van der Waals surface area contributed by atoms with E-state index in [0.717, 1.165) is 5.56 Å². The monoisotopic (exact) mass is 261 g/mol. The number of aliphatic hydroxyl groups is 1. The van der Waals surface area contributed by atoms with Crippen LogP contribution in [0.1, 0.15) is 17.4 Å². The summed E-state index contributed by atoms with van der Waals surface area (Å²) in [6.45, 7) is 1.92. The predicted octanol–water partition coefficient (Wildman–Crippen LogP) is 1.84. The highest BCUT2D eigenvalue weighted by molar-refractivity contribution is 5.89. The van der Waals surface area contributed by atoms with E-state index in [0.29, 0.717) is 11.4 Å². The third kappa shape index (κ3) is 3.56. The Hall–Kier alpha value is -2.34. The molecule has 1 atom stereocenters. The lowest BCUT2D eigenvalue weighted by Crippen LogP contribution is -2.32. The average Bonchev–Trinajstić information content (AvgIpc) is 2.93. The molecule has 0 aliphatic carbocycles. The van der Waals surface area contributed by atoms with Gasteiger partial charge in [0.05, 0.1) is 12.8 Å². The van der Waals surface area contributed by atoms with Crippen LogP contribution >= 0.6 is 0 Å². The standard InChI is InChI=1S/C13H15N3O3/c1-9-7-14-5-4-10(9)16-13(18)15-8-11(17)12-3-2-6-19-12/h2-7,11,17H,8H2,1H3,(H2,14,15,16,18). The fourth-order valence-electron chi connectivity index (χ4n) is 1.55. The van der Waals surface area contributed by atoms with Crippen LogP contribution in [0.2, 0.25) is 0 Å². The zero-order valence-electron chi connectivity index (χ0n) is 10.5. The van der Waals surface area contributed by atoms with Crippen molar-refractivity contribution in [1.29, 1.82) is 0 Å². The third-order valence-electron chi connectivity index (χ3n) is 2.60. The van der Waals surface area contributed by atoms with Crippen molar-refractivity contribution in [2.24, 2.45) is 0 Å². The number of anilines is 1. The summed E-state index contributed by atoms with van der Waals surface area (Å²) in [5.41, 5.74) is 1.55. The molecule has 3 N–H and O–H groups in total. The number of furan rings is 1. The molecule has 6 nitrogen and oxygen atoms in total. The summed E-state index contributed by atoms with van der Waals surface area (Å²) in [6.07, 6.45) is 3.87. The van der Waals surface area contributed by atoms with E-state index in [4.69, 9.17) is 4.42 Å². The molecule has 0 radical (unpaired) electrons. The van der Waals surface area contributed by atoms with Crippen molar-refractivity contribution < 1.29 is 14.3 Å². The topological polar surface area (TPSA) is 87.4 Å². The number of carbonyl (C=O) groups excluding carboxylic acids is 1. The van der Waals surface area contributed by atoms with Crippen molar-refractivity contribution in [3.05, 3.63) is 48.2 Å². The molecule has 0 aromatic carbocycles. The molecule has 2 rings (SSSR count). The number of aliphatic hydroxyl groups excluding tert-OH is 1. The lowest BCUT2D eigenvalue weighted by molar-refractivity contribution is 0.149. The molecular weight excluding hydrogens is 246 g/mol. The van der Waals surface area contributed by atoms with E-state index in [1.54, 1.807) is 30.6 Å². The highest BCUT2D eigenvalue weighted by Gasteiger charge is 2.12. The molecule has 2 aromatic rings. The first-order chi connectivity index (χ1) is 9.16. The molecular formula is C13H15N3O3. The normalized spacial score (nSPS) is 11.9. The lowest BCUT2D eigenvalue weighted by Gasteiger charge is -2.11. The fraction of sp³-hybridized carbons (Fsp3) is 0.231.